The molecule has 1 N–H and O–H groups in total. The molecule has 0 saturated heterocycles. The van der Waals surface area contributed by atoms with E-state index in [0.29, 0.717) is 12.3 Å². The smallest absolute Gasteiger partial charge is 0.257 e. The second-order valence-electron chi connectivity index (χ2n) is 5.19. The van der Waals surface area contributed by atoms with Crippen molar-refractivity contribution in [2.75, 3.05) is 13.2 Å². The molecule has 3 nitrogen and oxygen atoms in total. The van der Waals surface area contributed by atoms with Gasteiger partial charge in [-0.1, -0.05) is 29.8 Å². The molecule has 0 aliphatic carbocycles. The quantitative estimate of drug-likeness (QED) is 0.797. The van der Waals surface area contributed by atoms with Crippen LogP contribution in [-0.2, 0) is 11.2 Å². The zero-order valence-corrected chi connectivity index (χ0v) is 12.6. The first-order valence-electron chi connectivity index (χ1n) is 7.34. The molecule has 2 aromatic carbocycles. The van der Waals surface area contributed by atoms with Crippen LogP contribution in [0.3, 0.4) is 0 Å². The Hall–Kier alpha value is -2.36. The zero-order chi connectivity index (χ0) is 15.8. The number of rotatable bonds is 7. The van der Waals surface area contributed by atoms with Gasteiger partial charge in [0.2, 0.25) is 0 Å². The van der Waals surface area contributed by atoms with Crippen LogP contribution in [0.4, 0.5) is 4.39 Å². The average molecular weight is 301 g/mol. The highest BCUT2D eigenvalue weighted by Crippen LogP contribution is 2.10. The molecule has 0 spiro atoms. The Kier molecular flexibility index (Phi) is 5.95. The van der Waals surface area contributed by atoms with E-state index in [-0.39, 0.29) is 18.3 Å². The van der Waals surface area contributed by atoms with Gasteiger partial charge >= 0.3 is 0 Å². The molecule has 0 fully saturated rings. The van der Waals surface area contributed by atoms with Crippen molar-refractivity contribution in [2.24, 2.45) is 0 Å². The number of carbonyl (C=O) groups excluding carboxylic acids is 1. The summed E-state index contributed by atoms with van der Waals surface area (Å²) in [5, 5.41) is 2.81. The second kappa shape index (κ2) is 8.17. The predicted octanol–water partition coefficient (Wildman–Crippen LogP) is 3.26. The van der Waals surface area contributed by atoms with Gasteiger partial charge < -0.3 is 10.1 Å². The fourth-order valence-electron chi connectivity index (χ4n) is 2.12. The molecule has 1 amide bonds. The molecule has 0 unspecified atom stereocenters. The standard InChI is InChI=1S/C18H20FNO2/c1-14-4-2-5-15(12-14)6-3-11-20-18(21)13-22-17-9-7-16(19)8-10-17/h2,4-5,7-10,12H,3,6,11,13H2,1H3,(H,20,21). The number of ether oxygens (including phenoxy) is 1. The SMILES string of the molecule is Cc1cccc(CCCNC(=O)COc2ccc(F)cc2)c1. The van der Waals surface area contributed by atoms with Crippen LogP contribution in [0, 0.1) is 12.7 Å². The van der Waals surface area contributed by atoms with Crippen molar-refractivity contribution < 1.29 is 13.9 Å². The van der Waals surface area contributed by atoms with Gasteiger partial charge in [0, 0.05) is 6.54 Å². The summed E-state index contributed by atoms with van der Waals surface area (Å²) in [4.78, 5) is 11.6. The van der Waals surface area contributed by atoms with E-state index in [2.05, 4.69) is 30.4 Å². The minimum absolute atomic E-state index is 0.0594. The number of carbonyl (C=O) groups is 1. The molecular formula is C18H20FNO2. The van der Waals surface area contributed by atoms with Crippen LogP contribution in [0.5, 0.6) is 5.75 Å². The van der Waals surface area contributed by atoms with E-state index in [1.807, 2.05) is 6.07 Å². The van der Waals surface area contributed by atoms with Crippen LogP contribution in [0.1, 0.15) is 17.5 Å². The Labute approximate surface area is 130 Å². The van der Waals surface area contributed by atoms with Crippen molar-refractivity contribution in [3.63, 3.8) is 0 Å². The molecule has 0 aliphatic heterocycles. The Balaban J connectivity index is 1.62. The van der Waals surface area contributed by atoms with Gasteiger partial charge in [0.05, 0.1) is 0 Å². The lowest BCUT2D eigenvalue weighted by atomic mass is 10.1. The maximum atomic E-state index is 12.7. The highest BCUT2D eigenvalue weighted by Gasteiger charge is 2.02. The Morgan fingerprint density at radius 2 is 1.95 bits per heavy atom. The molecule has 0 aromatic heterocycles. The molecule has 0 bridgehead atoms. The van der Waals surface area contributed by atoms with Crippen molar-refractivity contribution in [1.29, 1.82) is 0 Å². The number of hydrogen-bond acceptors (Lipinski definition) is 2. The van der Waals surface area contributed by atoms with Crippen molar-refractivity contribution in [2.45, 2.75) is 19.8 Å². The normalized spacial score (nSPS) is 10.3. The average Bonchev–Trinajstić information content (AvgIpc) is 2.51. The van der Waals surface area contributed by atoms with Crippen LogP contribution in [0.15, 0.2) is 48.5 Å². The van der Waals surface area contributed by atoms with Gasteiger partial charge in [0.1, 0.15) is 11.6 Å². The summed E-state index contributed by atoms with van der Waals surface area (Å²) < 4.78 is 18.0. The number of amides is 1. The fraction of sp³-hybridized carbons (Fsp3) is 0.278. The van der Waals surface area contributed by atoms with Crippen LogP contribution in [-0.4, -0.2) is 19.1 Å². The van der Waals surface area contributed by atoms with E-state index in [1.165, 1.54) is 35.4 Å². The molecule has 116 valence electrons. The Bertz CT molecular complexity index is 611. The number of halogens is 1. The molecule has 0 heterocycles. The van der Waals surface area contributed by atoms with Gasteiger partial charge in [0.15, 0.2) is 6.61 Å². The molecule has 0 atom stereocenters. The van der Waals surface area contributed by atoms with E-state index in [1.54, 1.807) is 0 Å². The van der Waals surface area contributed by atoms with Crippen LogP contribution >= 0.6 is 0 Å². The van der Waals surface area contributed by atoms with E-state index in [9.17, 15) is 9.18 Å². The first-order valence-corrected chi connectivity index (χ1v) is 7.34. The molecule has 2 rings (SSSR count). The third kappa shape index (κ3) is 5.56. The van der Waals surface area contributed by atoms with E-state index >= 15 is 0 Å². The highest BCUT2D eigenvalue weighted by atomic mass is 19.1. The van der Waals surface area contributed by atoms with Gasteiger partial charge in [-0.25, -0.2) is 4.39 Å². The lowest BCUT2D eigenvalue weighted by molar-refractivity contribution is -0.123. The maximum Gasteiger partial charge on any atom is 0.257 e. The van der Waals surface area contributed by atoms with Crippen molar-refractivity contribution in [1.82, 2.24) is 5.32 Å². The minimum Gasteiger partial charge on any atom is -0.484 e. The van der Waals surface area contributed by atoms with Gasteiger partial charge in [-0.3, -0.25) is 4.79 Å². The Morgan fingerprint density at radius 1 is 1.18 bits per heavy atom. The van der Waals surface area contributed by atoms with Crippen LogP contribution in [0.2, 0.25) is 0 Å². The summed E-state index contributed by atoms with van der Waals surface area (Å²) in [6.07, 6.45) is 1.81. The van der Waals surface area contributed by atoms with Crippen LogP contribution in [0.25, 0.3) is 0 Å². The number of nitrogens with one attached hydrogen (secondary N) is 1. The van der Waals surface area contributed by atoms with Crippen molar-refractivity contribution in [3.8, 4) is 5.75 Å². The monoisotopic (exact) mass is 301 g/mol. The minimum atomic E-state index is -0.326. The molecule has 22 heavy (non-hydrogen) atoms. The summed E-state index contributed by atoms with van der Waals surface area (Å²) in [6.45, 7) is 2.62. The predicted molar refractivity (Wildman–Crippen MR) is 84.4 cm³/mol. The van der Waals surface area contributed by atoms with Gasteiger partial charge in [0.25, 0.3) is 5.91 Å². The summed E-state index contributed by atoms with van der Waals surface area (Å²) in [7, 11) is 0. The first-order chi connectivity index (χ1) is 10.6. The lowest BCUT2D eigenvalue weighted by Gasteiger charge is -2.08. The molecule has 0 saturated carbocycles. The van der Waals surface area contributed by atoms with Crippen molar-refractivity contribution >= 4 is 5.91 Å². The highest BCUT2D eigenvalue weighted by molar-refractivity contribution is 5.77. The number of hydrogen-bond donors (Lipinski definition) is 1. The molecule has 0 radical (unpaired) electrons. The third-order valence-electron chi connectivity index (χ3n) is 3.23. The van der Waals surface area contributed by atoms with Gasteiger partial charge in [-0.05, 0) is 49.6 Å². The number of benzene rings is 2. The van der Waals surface area contributed by atoms with Gasteiger partial charge in [-0.2, -0.15) is 0 Å². The van der Waals surface area contributed by atoms with E-state index in [0.717, 1.165) is 12.8 Å². The van der Waals surface area contributed by atoms with E-state index < -0.39 is 0 Å². The largest absolute Gasteiger partial charge is 0.484 e. The molecule has 4 heteroatoms. The number of aryl methyl sites for hydroxylation is 2. The summed E-state index contributed by atoms with van der Waals surface area (Å²) >= 11 is 0. The second-order valence-corrected chi connectivity index (χ2v) is 5.19. The summed E-state index contributed by atoms with van der Waals surface area (Å²) in [5.74, 6) is -0.0159. The first kappa shape index (κ1) is 16.0. The zero-order valence-electron chi connectivity index (χ0n) is 12.6. The third-order valence-corrected chi connectivity index (χ3v) is 3.23. The van der Waals surface area contributed by atoms with E-state index in [4.69, 9.17) is 4.74 Å². The van der Waals surface area contributed by atoms with Crippen LogP contribution < -0.4 is 10.1 Å². The maximum absolute atomic E-state index is 12.7. The summed E-state index contributed by atoms with van der Waals surface area (Å²) in [5.41, 5.74) is 2.52. The van der Waals surface area contributed by atoms with Gasteiger partial charge in [-0.15, -0.1) is 0 Å². The molecule has 2 aromatic rings. The topological polar surface area (TPSA) is 38.3 Å². The Morgan fingerprint density at radius 3 is 2.68 bits per heavy atom. The van der Waals surface area contributed by atoms with Crippen molar-refractivity contribution in [3.05, 3.63) is 65.5 Å². The lowest BCUT2D eigenvalue weighted by Crippen LogP contribution is -2.29. The molecule has 0 aliphatic rings. The molecular weight excluding hydrogens is 281 g/mol. The summed E-state index contributed by atoms with van der Waals surface area (Å²) in [6, 6.07) is 14.0. The fourth-order valence-corrected chi connectivity index (χ4v) is 2.12.